The molecule has 2 aromatic heterocycles. The number of anilines is 1. The van der Waals surface area contributed by atoms with Crippen LogP contribution in [0.1, 0.15) is 25.0 Å². The van der Waals surface area contributed by atoms with Crippen LogP contribution in [0.15, 0.2) is 24.4 Å². The first-order valence-corrected chi connectivity index (χ1v) is 8.04. The fourth-order valence-corrected chi connectivity index (χ4v) is 3.67. The number of hydrogen-bond donors (Lipinski definition) is 0. The molecule has 0 radical (unpaired) electrons. The SMILES string of the molecule is Cc1ccn(-c2ccc(N3CCC4CCC(C3)N4C)nn2)n1. The molecule has 22 heavy (non-hydrogen) atoms. The molecule has 2 aromatic rings. The third-order valence-electron chi connectivity index (χ3n) is 5.07. The number of aromatic nitrogens is 4. The zero-order chi connectivity index (χ0) is 15.1. The Labute approximate surface area is 130 Å². The van der Waals surface area contributed by atoms with Gasteiger partial charge in [0.15, 0.2) is 11.6 Å². The lowest BCUT2D eigenvalue weighted by Gasteiger charge is -2.26. The standard InChI is InChI=1S/C16H22N6/c1-12-7-10-22(19-12)16-6-5-15(17-18-16)21-9-8-13-3-4-14(11-21)20(13)2/h5-7,10,13-14H,3-4,8-9,11H2,1-2H3. The summed E-state index contributed by atoms with van der Waals surface area (Å²) in [6.07, 6.45) is 5.78. The van der Waals surface area contributed by atoms with Gasteiger partial charge >= 0.3 is 0 Å². The molecule has 0 aromatic carbocycles. The van der Waals surface area contributed by atoms with Gasteiger partial charge in [0.05, 0.1) is 5.69 Å². The maximum Gasteiger partial charge on any atom is 0.175 e. The summed E-state index contributed by atoms with van der Waals surface area (Å²) in [5.74, 6) is 1.75. The van der Waals surface area contributed by atoms with E-state index < -0.39 is 0 Å². The summed E-state index contributed by atoms with van der Waals surface area (Å²) in [4.78, 5) is 4.93. The van der Waals surface area contributed by atoms with Gasteiger partial charge in [0, 0.05) is 31.4 Å². The molecule has 4 rings (SSSR count). The highest BCUT2D eigenvalue weighted by atomic mass is 15.4. The van der Waals surface area contributed by atoms with Crippen LogP contribution in [0.25, 0.3) is 5.82 Å². The van der Waals surface area contributed by atoms with Crippen LogP contribution < -0.4 is 4.90 Å². The monoisotopic (exact) mass is 298 g/mol. The molecule has 4 heterocycles. The molecule has 2 atom stereocenters. The summed E-state index contributed by atoms with van der Waals surface area (Å²) in [5.41, 5.74) is 0.984. The number of rotatable bonds is 2. The summed E-state index contributed by atoms with van der Waals surface area (Å²) in [7, 11) is 2.26. The maximum absolute atomic E-state index is 4.43. The summed E-state index contributed by atoms with van der Waals surface area (Å²) in [5, 5.41) is 13.2. The normalized spacial score (nSPS) is 25.5. The zero-order valence-electron chi connectivity index (χ0n) is 13.2. The van der Waals surface area contributed by atoms with E-state index >= 15 is 0 Å². The number of fused-ring (bicyclic) bond motifs is 2. The first-order valence-electron chi connectivity index (χ1n) is 8.04. The van der Waals surface area contributed by atoms with E-state index in [0.29, 0.717) is 6.04 Å². The van der Waals surface area contributed by atoms with Crippen LogP contribution in [0, 0.1) is 6.92 Å². The Balaban J connectivity index is 1.53. The van der Waals surface area contributed by atoms with Crippen LogP contribution in [0.3, 0.4) is 0 Å². The van der Waals surface area contributed by atoms with Gasteiger partial charge in [-0.15, -0.1) is 10.2 Å². The van der Waals surface area contributed by atoms with E-state index in [2.05, 4.69) is 38.2 Å². The van der Waals surface area contributed by atoms with E-state index in [1.807, 2.05) is 25.3 Å². The molecule has 0 saturated carbocycles. The van der Waals surface area contributed by atoms with Gasteiger partial charge in [-0.25, -0.2) is 4.68 Å². The predicted molar refractivity (Wildman–Crippen MR) is 85.3 cm³/mol. The van der Waals surface area contributed by atoms with Crippen molar-refractivity contribution in [2.24, 2.45) is 0 Å². The quantitative estimate of drug-likeness (QED) is 0.843. The van der Waals surface area contributed by atoms with Gasteiger partial charge in [0.1, 0.15) is 0 Å². The fourth-order valence-electron chi connectivity index (χ4n) is 3.67. The Hall–Kier alpha value is -1.95. The molecule has 2 aliphatic heterocycles. The van der Waals surface area contributed by atoms with Gasteiger partial charge in [0.2, 0.25) is 0 Å². The van der Waals surface area contributed by atoms with Crippen molar-refractivity contribution in [1.82, 2.24) is 24.9 Å². The van der Waals surface area contributed by atoms with E-state index in [-0.39, 0.29) is 0 Å². The van der Waals surface area contributed by atoms with E-state index in [1.54, 1.807) is 4.68 Å². The number of nitrogens with zero attached hydrogens (tertiary/aromatic N) is 6. The summed E-state index contributed by atoms with van der Waals surface area (Å²) >= 11 is 0. The Morgan fingerprint density at radius 3 is 2.50 bits per heavy atom. The highest BCUT2D eigenvalue weighted by molar-refractivity contribution is 5.40. The minimum Gasteiger partial charge on any atom is -0.354 e. The highest BCUT2D eigenvalue weighted by Gasteiger charge is 2.34. The lowest BCUT2D eigenvalue weighted by atomic mass is 10.1. The van der Waals surface area contributed by atoms with Crippen molar-refractivity contribution in [3.8, 4) is 5.82 Å². The third kappa shape index (κ3) is 2.37. The molecule has 6 nitrogen and oxygen atoms in total. The van der Waals surface area contributed by atoms with Crippen LogP contribution in [0.2, 0.25) is 0 Å². The largest absolute Gasteiger partial charge is 0.354 e. The summed E-state index contributed by atoms with van der Waals surface area (Å²) in [6, 6.07) is 7.44. The molecule has 0 N–H and O–H groups in total. The molecular weight excluding hydrogens is 276 g/mol. The van der Waals surface area contributed by atoms with Gasteiger partial charge in [0.25, 0.3) is 0 Å². The molecule has 2 bridgehead atoms. The van der Waals surface area contributed by atoms with Crippen molar-refractivity contribution in [2.45, 2.75) is 38.3 Å². The average Bonchev–Trinajstić information content (AvgIpc) is 3.04. The van der Waals surface area contributed by atoms with E-state index in [1.165, 1.54) is 19.3 Å². The molecule has 2 aliphatic rings. The Morgan fingerprint density at radius 2 is 1.77 bits per heavy atom. The van der Waals surface area contributed by atoms with Crippen LogP contribution in [-0.4, -0.2) is 57.1 Å². The fraction of sp³-hybridized carbons (Fsp3) is 0.562. The van der Waals surface area contributed by atoms with Gasteiger partial charge in [-0.3, -0.25) is 4.90 Å². The summed E-state index contributed by atoms with van der Waals surface area (Å²) in [6.45, 7) is 4.10. The van der Waals surface area contributed by atoms with E-state index in [4.69, 9.17) is 0 Å². The topological polar surface area (TPSA) is 50.1 Å². The molecule has 2 saturated heterocycles. The first-order chi connectivity index (χ1) is 10.7. The van der Waals surface area contributed by atoms with Crippen molar-refractivity contribution in [3.05, 3.63) is 30.1 Å². The van der Waals surface area contributed by atoms with E-state index in [0.717, 1.165) is 36.5 Å². The smallest absolute Gasteiger partial charge is 0.175 e. The van der Waals surface area contributed by atoms with E-state index in [9.17, 15) is 0 Å². The second-order valence-corrected chi connectivity index (χ2v) is 6.44. The lowest BCUT2D eigenvalue weighted by molar-refractivity contribution is 0.254. The molecule has 116 valence electrons. The van der Waals surface area contributed by atoms with Gasteiger partial charge in [-0.2, -0.15) is 5.10 Å². The number of hydrogen-bond acceptors (Lipinski definition) is 5. The molecule has 2 fully saturated rings. The molecule has 0 aliphatic carbocycles. The molecule has 2 unspecified atom stereocenters. The van der Waals surface area contributed by atoms with Crippen LogP contribution in [-0.2, 0) is 0 Å². The van der Waals surface area contributed by atoms with Crippen molar-refractivity contribution in [2.75, 3.05) is 25.0 Å². The van der Waals surface area contributed by atoms with Crippen molar-refractivity contribution >= 4 is 5.82 Å². The third-order valence-corrected chi connectivity index (χ3v) is 5.07. The predicted octanol–water partition coefficient (Wildman–Crippen LogP) is 1.64. The number of likely N-dealkylation sites (N-methyl/N-ethyl adjacent to an activating group) is 1. The van der Waals surface area contributed by atoms with Crippen LogP contribution in [0.5, 0.6) is 0 Å². The van der Waals surface area contributed by atoms with Crippen LogP contribution in [0.4, 0.5) is 5.82 Å². The van der Waals surface area contributed by atoms with Gasteiger partial charge < -0.3 is 4.90 Å². The van der Waals surface area contributed by atoms with Crippen molar-refractivity contribution in [3.63, 3.8) is 0 Å². The minimum absolute atomic E-state index is 0.655. The lowest BCUT2D eigenvalue weighted by Crippen LogP contribution is -2.37. The molecular formula is C16H22N6. The Bertz CT molecular complexity index is 649. The maximum atomic E-state index is 4.43. The Morgan fingerprint density at radius 1 is 1.00 bits per heavy atom. The molecule has 0 spiro atoms. The second-order valence-electron chi connectivity index (χ2n) is 6.44. The van der Waals surface area contributed by atoms with Crippen LogP contribution >= 0.6 is 0 Å². The zero-order valence-corrected chi connectivity index (χ0v) is 13.2. The molecule has 6 heteroatoms. The number of aryl methyl sites for hydroxylation is 1. The summed E-state index contributed by atoms with van der Waals surface area (Å²) < 4.78 is 1.77. The minimum atomic E-state index is 0.655. The molecule has 0 amide bonds. The average molecular weight is 298 g/mol. The Kier molecular flexibility index (Phi) is 3.33. The second kappa shape index (κ2) is 5.35. The van der Waals surface area contributed by atoms with Gasteiger partial charge in [-0.05, 0) is 51.4 Å². The van der Waals surface area contributed by atoms with Crippen molar-refractivity contribution in [1.29, 1.82) is 0 Å². The van der Waals surface area contributed by atoms with Crippen molar-refractivity contribution < 1.29 is 0 Å². The first kappa shape index (κ1) is 13.7. The van der Waals surface area contributed by atoms with Gasteiger partial charge in [-0.1, -0.05) is 0 Å². The highest BCUT2D eigenvalue weighted by Crippen LogP contribution is 2.29.